The first-order valence-electron chi connectivity index (χ1n) is 13.4. The fourth-order valence-corrected chi connectivity index (χ4v) is 4.44. The van der Waals surface area contributed by atoms with Crippen molar-refractivity contribution in [1.29, 1.82) is 0 Å². The molecule has 2 heterocycles. The van der Waals surface area contributed by atoms with E-state index < -0.39 is 29.7 Å². The molecule has 0 unspecified atom stereocenters. The van der Waals surface area contributed by atoms with Gasteiger partial charge in [-0.3, -0.25) is 4.79 Å². The molecule has 2 aromatic rings. The highest BCUT2D eigenvalue weighted by Crippen LogP contribution is 2.29. The van der Waals surface area contributed by atoms with E-state index in [1.165, 1.54) is 5.56 Å². The number of ether oxygens (including phenoxy) is 1. The third kappa shape index (κ3) is 9.81. The van der Waals surface area contributed by atoms with Crippen molar-refractivity contribution in [3.8, 4) is 0 Å². The molecule has 1 atom stereocenters. The van der Waals surface area contributed by atoms with Gasteiger partial charge >= 0.3 is 12.1 Å². The van der Waals surface area contributed by atoms with Crippen LogP contribution in [-0.4, -0.2) is 72.3 Å². The largest absolute Gasteiger partial charge is 0.480 e. The van der Waals surface area contributed by atoms with Crippen molar-refractivity contribution in [3.63, 3.8) is 0 Å². The number of aromatic nitrogens is 1. The predicted octanol–water partition coefficient (Wildman–Crippen LogP) is 4.39. The summed E-state index contributed by atoms with van der Waals surface area (Å²) in [5.41, 5.74) is 1.39. The quantitative estimate of drug-likeness (QED) is 0.283. The van der Waals surface area contributed by atoms with Crippen molar-refractivity contribution < 1.29 is 32.6 Å². The third-order valence-corrected chi connectivity index (χ3v) is 6.68. The maximum atomic E-state index is 12.8. The fraction of sp³-hybridized carbons (Fsp3) is 0.536. The highest BCUT2D eigenvalue weighted by atomic mass is 19.4. The minimum absolute atomic E-state index is 0.0339. The number of nitrogens with one attached hydrogen (secondary N) is 2. The lowest BCUT2D eigenvalue weighted by Crippen LogP contribution is -2.43. The molecule has 0 saturated heterocycles. The van der Waals surface area contributed by atoms with Crippen LogP contribution in [0.25, 0.3) is 0 Å². The molecule has 3 rings (SSSR count). The summed E-state index contributed by atoms with van der Waals surface area (Å²) in [6.45, 7) is 5.70. The molecular weight excluding hydrogens is 513 g/mol. The van der Waals surface area contributed by atoms with E-state index >= 15 is 0 Å². The van der Waals surface area contributed by atoms with E-state index in [-0.39, 0.29) is 12.0 Å². The summed E-state index contributed by atoms with van der Waals surface area (Å²) in [6.07, 6.45) is 0.441. The highest BCUT2D eigenvalue weighted by molar-refractivity contribution is 5.96. The Morgan fingerprint density at radius 1 is 1.13 bits per heavy atom. The number of amides is 1. The number of benzene rings is 1. The number of carbonyl (C=O) groups is 2. The number of fused-ring (bicyclic) bond motifs is 1. The van der Waals surface area contributed by atoms with Crippen LogP contribution in [0.1, 0.15) is 59.8 Å². The van der Waals surface area contributed by atoms with Crippen LogP contribution in [-0.2, 0) is 28.5 Å². The summed E-state index contributed by atoms with van der Waals surface area (Å²) < 4.78 is 43.8. The van der Waals surface area contributed by atoms with Gasteiger partial charge in [0, 0.05) is 37.5 Å². The first kappa shape index (κ1) is 30.4. The lowest BCUT2D eigenvalue weighted by Gasteiger charge is -2.24. The second-order valence-electron chi connectivity index (χ2n) is 9.56. The van der Waals surface area contributed by atoms with E-state index in [0.717, 1.165) is 81.0 Å². The Kier molecular flexibility index (Phi) is 11.5. The average Bonchev–Trinajstić information content (AvgIpc) is 2.92. The minimum Gasteiger partial charge on any atom is -0.480 e. The Morgan fingerprint density at radius 3 is 2.59 bits per heavy atom. The molecule has 3 N–H and O–H groups in total. The molecule has 0 saturated carbocycles. The molecule has 0 aliphatic carbocycles. The maximum absolute atomic E-state index is 12.8. The van der Waals surface area contributed by atoms with Crippen molar-refractivity contribution in [2.45, 2.75) is 57.7 Å². The Bertz CT molecular complexity index is 1080. The van der Waals surface area contributed by atoms with Gasteiger partial charge in [-0.15, -0.1) is 0 Å². The monoisotopic (exact) mass is 550 g/mol. The van der Waals surface area contributed by atoms with Crippen molar-refractivity contribution in [1.82, 2.24) is 15.2 Å². The lowest BCUT2D eigenvalue weighted by molar-refractivity contribution is -0.139. The predicted molar refractivity (Wildman–Crippen MR) is 142 cm³/mol. The lowest BCUT2D eigenvalue weighted by atomic mass is 10.1. The van der Waals surface area contributed by atoms with E-state index in [1.54, 1.807) is 0 Å². The number of anilines is 1. The Labute approximate surface area is 226 Å². The highest BCUT2D eigenvalue weighted by Gasteiger charge is 2.30. The molecular formula is C28H37F3N4O4. The topological polar surface area (TPSA) is 104 Å². The molecule has 11 heteroatoms. The van der Waals surface area contributed by atoms with Gasteiger partial charge in [0.25, 0.3) is 5.91 Å². The van der Waals surface area contributed by atoms with Crippen LogP contribution >= 0.6 is 0 Å². The first-order valence-corrected chi connectivity index (χ1v) is 13.4. The Morgan fingerprint density at radius 2 is 1.90 bits per heavy atom. The number of hydrogen-bond acceptors (Lipinski definition) is 6. The zero-order valence-electron chi connectivity index (χ0n) is 22.2. The third-order valence-electron chi connectivity index (χ3n) is 6.68. The van der Waals surface area contributed by atoms with Crippen molar-refractivity contribution in [2.24, 2.45) is 0 Å². The number of carboxylic acid groups (broad SMARTS) is 1. The number of carbonyl (C=O) groups excluding carboxylic acids is 1. The average molecular weight is 551 g/mol. The SMILES string of the molecule is CCOCCN(CCCCc1ccc2c(n1)NCCC2)CC[C@H](NC(=O)c1ccc(C(F)(F)F)cc1)C(=O)O. The van der Waals surface area contributed by atoms with Crippen LogP contribution in [0.5, 0.6) is 0 Å². The summed E-state index contributed by atoms with van der Waals surface area (Å²) >= 11 is 0. The van der Waals surface area contributed by atoms with Gasteiger partial charge in [0.1, 0.15) is 11.9 Å². The number of unbranched alkanes of at least 4 members (excludes halogenated alkanes) is 1. The van der Waals surface area contributed by atoms with E-state index in [4.69, 9.17) is 9.72 Å². The second-order valence-corrected chi connectivity index (χ2v) is 9.56. The summed E-state index contributed by atoms with van der Waals surface area (Å²) in [5, 5.41) is 15.4. The number of aliphatic carboxylic acids is 1. The summed E-state index contributed by atoms with van der Waals surface area (Å²) in [5.74, 6) is -0.953. The molecule has 39 heavy (non-hydrogen) atoms. The van der Waals surface area contributed by atoms with Crippen LogP contribution in [0.3, 0.4) is 0 Å². The number of nitrogens with zero attached hydrogens (tertiary/aromatic N) is 2. The van der Waals surface area contributed by atoms with E-state index in [0.29, 0.717) is 26.3 Å². The van der Waals surface area contributed by atoms with Crippen LogP contribution in [0, 0.1) is 0 Å². The van der Waals surface area contributed by atoms with Crippen LogP contribution < -0.4 is 10.6 Å². The number of aryl methyl sites for hydroxylation is 2. The molecule has 0 fully saturated rings. The smallest absolute Gasteiger partial charge is 0.416 e. The van der Waals surface area contributed by atoms with Gasteiger partial charge in [0.2, 0.25) is 0 Å². The van der Waals surface area contributed by atoms with Gasteiger partial charge in [-0.1, -0.05) is 6.07 Å². The standard InChI is InChI=1S/C28H37F3N4O4/c1-2-39-19-18-35(16-4-3-7-23-13-10-20-6-5-15-32-25(20)33-23)17-14-24(27(37)38)34-26(36)21-8-11-22(12-9-21)28(29,30)31/h8-13,24H,2-7,14-19H2,1H3,(H,32,33)(H,34,36)(H,37,38)/t24-/m0/s1. The first-order chi connectivity index (χ1) is 18.7. The summed E-state index contributed by atoms with van der Waals surface area (Å²) in [4.78, 5) is 31.2. The van der Waals surface area contributed by atoms with Gasteiger partial charge < -0.3 is 25.4 Å². The molecule has 0 spiro atoms. The van der Waals surface area contributed by atoms with Gasteiger partial charge in [0.05, 0.1) is 12.2 Å². The molecule has 1 aromatic carbocycles. The fourth-order valence-electron chi connectivity index (χ4n) is 4.44. The minimum atomic E-state index is -4.52. The number of rotatable bonds is 15. The molecule has 1 aliphatic heterocycles. The van der Waals surface area contributed by atoms with E-state index in [2.05, 4.69) is 27.7 Å². The Hall–Kier alpha value is -3.18. The molecule has 0 radical (unpaired) electrons. The van der Waals surface area contributed by atoms with Crippen molar-refractivity contribution >= 4 is 17.7 Å². The van der Waals surface area contributed by atoms with E-state index in [1.807, 2.05) is 6.92 Å². The number of hydrogen-bond donors (Lipinski definition) is 3. The van der Waals surface area contributed by atoms with Crippen LogP contribution in [0.15, 0.2) is 36.4 Å². The van der Waals surface area contributed by atoms with Gasteiger partial charge in [-0.2, -0.15) is 13.2 Å². The number of alkyl halides is 3. The molecule has 214 valence electrons. The zero-order valence-corrected chi connectivity index (χ0v) is 22.2. The molecule has 0 bridgehead atoms. The number of carboxylic acids is 1. The van der Waals surface area contributed by atoms with Crippen LogP contribution in [0.4, 0.5) is 19.0 Å². The van der Waals surface area contributed by atoms with Gasteiger partial charge in [0.15, 0.2) is 0 Å². The molecule has 1 aromatic heterocycles. The molecule has 8 nitrogen and oxygen atoms in total. The van der Waals surface area contributed by atoms with Crippen molar-refractivity contribution in [3.05, 3.63) is 58.8 Å². The normalized spacial score (nSPS) is 14.0. The van der Waals surface area contributed by atoms with Crippen molar-refractivity contribution in [2.75, 3.05) is 44.7 Å². The maximum Gasteiger partial charge on any atom is 0.416 e. The molecule has 1 amide bonds. The Balaban J connectivity index is 1.50. The number of pyridine rings is 1. The van der Waals surface area contributed by atoms with Gasteiger partial charge in [-0.25, -0.2) is 9.78 Å². The van der Waals surface area contributed by atoms with Crippen LogP contribution in [0.2, 0.25) is 0 Å². The molecule has 1 aliphatic rings. The van der Waals surface area contributed by atoms with E-state index in [9.17, 15) is 27.9 Å². The van der Waals surface area contributed by atoms with Gasteiger partial charge in [-0.05, 0) is 87.9 Å². The zero-order chi connectivity index (χ0) is 28.3. The second kappa shape index (κ2) is 14.8. The number of halogens is 3. The summed E-state index contributed by atoms with van der Waals surface area (Å²) in [7, 11) is 0. The summed E-state index contributed by atoms with van der Waals surface area (Å²) in [6, 6.07) is 6.73.